The third-order valence-corrected chi connectivity index (χ3v) is 7.30. The number of unbranched alkanes of at least 4 members (excludes halogenated alkanes) is 1. The first-order valence-electron chi connectivity index (χ1n) is 12.0. The third kappa shape index (κ3) is 6.37. The molecular formula is C24H32FN5O3S. The summed E-state index contributed by atoms with van der Waals surface area (Å²) in [5, 5.41) is 3.22. The molecule has 0 aromatic heterocycles. The van der Waals surface area contributed by atoms with E-state index in [0.29, 0.717) is 47.9 Å². The number of amides is 2. The summed E-state index contributed by atoms with van der Waals surface area (Å²) in [6.07, 6.45) is 7.16. The summed E-state index contributed by atoms with van der Waals surface area (Å²) < 4.78 is 19.6. The van der Waals surface area contributed by atoms with E-state index in [4.69, 9.17) is 10.5 Å². The Kier molecular flexibility index (Phi) is 8.58. The van der Waals surface area contributed by atoms with E-state index in [1.807, 2.05) is 0 Å². The van der Waals surface area contributed by atoms with Crippen LogP contribution >= 0.6 is 11.8 Å². The van der Waals surface area contributed by atoms with Crippen molar-refractivity contribution in [2.45, 2.75) is 44.6 Å². The van der Waals surface area contributed by atoms with Crippen molar-refractivity contribution in [2.24, 2.45) is 10.7 Å². The summed E-state index contributed by atoms with van der Waals surface area (Å²) in [6, 6.07) is 4.47. The molecule has 3 aliphatic rings. The van der Waals surface area contributed by atoms with Gasteiger partial charge in [-0.1, -0.05) is 0 Å². The van der Waals surface area contributed by atoms with E-state index in [1.54, 1.807) is 4.90 Å². The Morgan fingerprint density at radius 1 is 1.24 bits per heavy atom. The van der Waals surface area contributed by atoms with Gasteiger partial charge in [-0.25, -0.2) is 9.18 Å². The molecule has 1 aromatic rings. The van der Waals surface area contributed by atoms with E-state index in [0.717, 1.165) is 38.8 Å². The van der Waals surface area contributed by atoms with Gasteiger partial charge in [-0.15, -0.1) is 0 Å². The number of nitrogens with one attached hydrogen (secondary N) is 1. The molecule has 3 saturated heterocycles. The van der Waals surface area contributed by atoms with Crippen molar-refractivity contribution in [1.29, 1.82) is 0 Å². The number of piperidine rings is 1. The molecule has 0 atom stereocenters. The summed E-state index contributed by atoms with van der Waals surface area (Å²) >= 11 is 1.19. The monoisotopic (exact) mass is 489 g/mol. The largest absolute Gasteiger partial charge is 0.415 e. The molecule has 0 radical (unpaired) electrons. The number of aliphatic imine (C=N–C) groups is 1. The molecule has 0 bridgehead atoms. The van der Waals surface area contributed by atoms with Crippen LogP contribution in [0.3, 0.4) is 0 Å². The molecule has 3 heterocycles. The Labute approximate surface area is 203 Å². The van der Waals surface area contributed by atoms with Gasteiger partial charge >= 0.3 is 6.09 Å². The van der Waals surface area contributed by atoms with Gasteiger partial charge in [0, 0.05) is 31.2 Å². The molecular weight excluding hydrogens is 457 g/mol. The van der Waals surface area contributed by atoms with Crippen molar-refractivity contribution >= 4 is 35.0 Å². The second kappa shape index (κ2) is 11.8. The summed E-state index contributed by atoms with van der Waals surface area (Å²) in [7, 11) is 0. The number of amidine groups is 1. The van der Waals surface area contributed by atoms with Gasteiger partial charge in [0.05, 0.1) is 4.91 Å². The summed E-state index contributed by atoms with van der Waals surface area (Å²) in [6.45, 7) is 4.75. The Bertz CT molecular complexity index is 956. The van der Waals surface area contributed by atoms with Crippen LogP contribution in [0.15, 0.2) is 28.1 Å². The Morgan fingerprint density at radius 3 is 2.74 bits per heavy atom. The zero-order valence-electron chi connectivity index (χ0n) is 19.3. The van der Waals surface area contributed by atoms with Crippen molar-refractivity contribution in [3.8, 4) is 5.75 Å². The number of ether oxygens (including phenoxy) is 1. The van der Waals surface area contributed by atoms with Crippen molar-refractivity contribution in [2.75, 3.05) is 39.3 Å². The zero-order chi connectivity index (χ0) is 23.9. The molecule has 10 heteroatoms. The molecule has 2 amide bonds. The fraction of sp³-hybridized carbons (Fsp3) is 0.542. The van der Waals surface area contributed by atoms with Crippen LogP contribution in [-0.2, 0) is 4.79 Å². The van der Waals surface area contributed by atoms with Gasteiger partial charge in [-0.05, 0) is 94.2 Å². The summed E-state index contributed by atoms with van der Waals surface area (Å²) in [5.74, 6) is -0.562. The molecule has 1 aromatic carbocycles. The highest BCUT2D eigenvalue weighted by atomic mass is 32.2. The van der Waals surface area contributed by atoms with Gasteiger partial charge in [0.1, 0.15) is 11.6 Å². The maximum absolute atomic E-state index is 14.0. The second-order valence-electron chi connectivity index (χ2n) is 8.76. The maximum Gasteiger partial charge on any atom is 0.415 e. The minimum Gasteiger partial charge on any atom is -0.410 e. The quantitative estimate of drug-likeness (QED) is 0.451. The van der Waals surface area contributed by atoms with Gasteiger partial charge in [0.2, 0.25) is 0 Å². The minimum atomic E-state index is -0.475. The molecule has 0 saturated carbocycles. The number of halogens is 1. The average molecular weight is 490 g/mol. The lowest BCUT2D eigenvalue weighted by molar-refractivity contribution is -0.115. The number of benzene rings is 1. The molecule has 4 rings (SSSR count). The fourth-order valence-electron chi connectivity index (χ4n) is 4.48. The summed E-state index contributed by atoms with van der Waals surface area (Å²) in [5.41, 5.74) is 5.82. The van der Waals surface area contributed by atoms with Crippen LogP contribution in [0.5, 0.6) is 5.75 Å². The first-order chi connectivity index (χ1) is 16.5. The number of likely N-dealkylation sites (tertiary alicyclic amines) is 2. The van der Waals surface area contributed by atoms with Crippen LogP contribution in [0.2, 0.25) is 0 Å². The van der Waals surface area contributed by atoms with Gasteiger partial charge in [0.25, 0.3) is 5.91 Å². The Balaban J connectivity index is 1.39. The van der Waals surface area contributed by atoms with Gasteiger partial charge in [-0.2, -0.15) is 0 Å². The number of rotatable bonds is 7. The SMILES string of the molecule is NCCCCN=C1NC(=O)/C(=C\c2cc(F)ccc2OC(=O)N2CCC(N3CCCC3)CC2)S1. The third-order valence-electron chi connectivity index (χ3n) is 6.35. The van der Waals surface area contributed by atoms with Gasteiger partial charge < -0.3 is 25.6 Å². The van der Waals surface area contributed by atoms with E-state index in [1.165, 1.54) is 48.9 Å². The lowest BCUT2D eigenvalue weighted by atomic mass is 10.0. The highest BCUT2D eigenvalue weighted by molar-refractivity contribution is 8.18. The number of carbonyl (C=O) groups excluding carboxylic acids is 2. The highest BCUT2D eigenvalue weighted by Crippen LogP contribution is 2.30. The van der Waals surface area contributed by atoms with Crippen molar-refractivity contribution in [3.63, 3.8) is 0 Å². The molecule has 3 N–H and O–H groups in total. The van der Waals surface area contributed by atoms with Crippen LogP contribution < -0.4 is 15.8 Å². The van der Waals surface area contributed by atoms with E-state index in [9.17, 15) is 14.0 Å². The molecule has 184 valence electrons. The topological polar surface area (TPSA) is 100 Å². The fourth-order valence-corrected chi connectivity index (χ4v) is 5.32. The van der Waals surface area contributed by atoms with E-state index >= 15 is 0 Å². The Hall–Kier alpha value is -2.43. The smallest absolute Gasteiger partial charge is 0.410 e. The minimum absolute atomic E-state index is 0.224. The second-order valence-corrected chi connectivity index (χ2v) is 9.79. The normalized spacial score (nSPS) is 22.1. The van der Waals surface area contributed by atoms with E-state index in [-0.39, 0.29) is 11.7 Å². The van der Waals surface area contributed by atoms with Crippen LogP contribution in [-0.4, -0.2) is 72.3 Å². The number of nitrogens with two attached hydrogens (primary N) is 1. The predicted molar refractivity (Wildman–Crippen MR) is 132 cm³/mol. The molecule has 0 spiro atoms. The Morgan fingerprint density at radius 2 is 2.00 bits per heavy atom. The van der Waals surface area contributed by atoms with E-state index < -0.39 is 11.9 Å². The van der Waals surface area contributed by atoms with Gasteiger partial charge in [0.15, 0.2) is 5.17 Å². The predicted octanol–water partition coefficient (Wildman–Crippen LogP) is 3.18. The van der Waals surface area contributed by atoms with Crippen molar-refractivity contribution in [1.82, 2.24) is 15.1 Å². The molecule has 3 fully saturated rings. The van der Waals surface area contributed by atoms with Crippen molar-refractivity contribution < 1.29 is 18.7 Å². The van der Waals surface area contributed by atoms with Crippen LogP contribution in [0.4, 0.5) is 9.18 Å². The van der Waals surface area contributed by atoms with Crippen LogP contribution in [0.25, 0.3) is 6.08 Å². The first-order valence-corrected chi connectivity index (χ1v) is 12.8. The standard InChI is InChI=1S/C24H32FN5O3S/c25-18-5-6-20(33-24(32)30-13-7-19(8-14-30)29-11-3-4-12-29)17(15-18)16-21-22(31)28-23(34-21)27-10-2-1-9-26/h5-6,15-16,19H,1-4,7-14,26H2,(H,27,28,31)/b21-16+. The molecule has 0 aliphatic carbocycles. The van der Waals surface area contributed by atoms with Crippen LogP contribution in [0, 0.1) is 5.82 Å². The number of hydrogen-bond acceptors (Lipinski definition) is 7. The van der Waals surface area contributed by atoms with Crippen molar-refractivity contribution in [3.05, 3.63) is 34.5 Å². The van der Waals surface area contributed by atoms with E-state index in [2.05, 4.69) is 15.2 Å². The van der Waals surface area contributed by atoms with Crippen LogP contribution in [0.1, 0.15) is 44.1 Å². The number of thioether (sulfide) groups is 1. The number of nitrogens with zero attached hydrogens (tertiary/aromatic N) is 3. The summed E-state index contributed by atoms with van der Waals surface area (Å²) in [4.78, 5) is 34.2. The lowest BCUT2D eigenvalue weighted by Gasteiger charge is -2.36. The molecule has 3 aliphatic heterocycles. The average Bonchev–Trinajstić information content (AvgIpc) is 3.49. The zero-order valence-corrected chi connectivity index (χ0v) is 20.1. The molecule has 8 nitrogen and oxygen atoms in total. The number of hydrogen-bond donors (Lipinski definition) is 2. The highest BCUT2D eigenvalue weighted by Gasteiger charge is 2.29. The first kappa shape index (κ1) is 24.7. The number of carbonyl (C=O) groups is 2. The molecule has 0 unspecified atom stereocenters. The van der Waals surface area contributed by atoms with Gasteiger partial charge in [-0.3, -0.25) is 9.79 Å². The molecule has 34 heavy (non-hydrogen) atoms. The maximum atomic E-state index is 14.0. The lowest BCUT2D eigenvalue weighted by Crippen LogP contribution is -2.46.